The second-order valence-corrected chi connectivity index (χ2v) is 7.65. The zero-order valence-electron chi connectivity index (χ0n) is 16.0. The minimum Gasteiger partial charge on any atom is -0.337 e. The van der Waals surface area contributed by atoms with Crippen molar-refractivity contribution in [3.63, 3.8) is 0 Å². The van der Waals surface area contributed by atoms with Crippen molar-refractivity contribution in [2.75, 3.05) is 26.2 Å². The van der Waals surface area contributed by atoms with Gasteiger partial charge in [0.05, 0.1) is 9.85 Å². The number of nitro benzene ring substituents is 2. The van der Waals surface area contributed by atoms with E-state index in [1.165, 1.54) is 46.2 Å². The standard InChI is InChI=1S/C19H16Cl2N4O6/c20-12-2-4-16(24(28)29)14(10-12)18(26)22-6-1-7-23(9-8-22)19(27)15-11-13(21)3-5-17(15)25(30)31/h2-5,10-11H,1,6-9H2. The summed E-state index contributed by atoms with van der Waals surface area (Å²) in [5.74, 6) is -1.14. The van der Waals surface area contributed by atoms with Crippen LogP contribution in [0.3, 0.4) is 0 Å². The second-order valence-electron chi connectivity index (χ2n) is 6.78. The maximum absolute atomic E-state index is 12.9. The van der Waals surface area contributed by atoms with Gasteiger partial charge in [0, 0.05) is 48.4 Å². The van der Waals surface area contributed by atoms with Crippen LogP contribution in [0, 0.1) is 20.2 Å². The number of halogens is 2. The monoisotopic (exact) mass is 466 g/mol. The fraction of sp³-hybridized carbons (Fsp3) is 0.263. The van der Waals surface area contributed by atoms with E-state index in [2.05, 4.69) is 0 Å². The van der Waals surface area contributed by atoms with Gasteiger partial charge in [-0.15, -0.1) is 0 Å². The summed E-state index contributed by atoms with van der Waals surface area (Å²) in [5, 5.41) is 22.9. The third-order valence-corrected chi connectivity index (χ3v) is 5.31. The number of rotatable bonds is 4. The number of benzene rings is 2. The smallest absolute Gasteiger partial charge is 0.282 e. The van der Waals surface area contributed by atoms with Crippen molar-refractivity contribution in [1.82, 2.24) is 9.80 Å². The molecule has 0 aliphatic carbocycles. The third-order valence-electron chi connectivity index (χ3n) is 4.84. The molecule has 0 aromatic heterocycles. The lowest BCUT2D eigenvalue weighted by molar-refractivity contribution is -0.385. The summed E-state index contributed by atoms with van der Waals surface area (Å²) in [7, 11) is 0. The number of amides is 2. The molecule has 1 aliphatic rings. The molecular formula is C19H16Cl2N4O6. The molecule has 12 heteroatoms. The van der Waals surface area contributed by atoms with Crippen LogP contribution in [0.15, 0.2) is 36.4 Å². The number of nitro groups is 2. The van der Waals surface area contributed by atoms with Crippen LogP contribution in [-0.4, -0.2) is 57.6 Å². The SMILES string of the molecule is O=C(c1cc(Cl)ccc1[N+](=O)[O-])N1CCCN(C(=O)c2cc(Cl)ccc2[N+](=O)[O-])CC1. The molecule has 1 aliphatic heterocycles. The first kappa shape index (κ1) is 22.4. The third kappa shape index (κ3) is 4.92. The maximum Gasteiger partial charge on any atom is 0.282 e. The van der Waals surface area contributed by atoms with E-state index in [1.807, 2.05) is 0 Å². The lowest BCUT2D eigenvalue weighted by atomic mass is 10.1. The molecule has 0 N–H and O–H groups in total. The molecule has 0 atom stereocenters. The summed E-state index contributed by atoms with van der Waals surface area (Å²) in [5.41, 5.74) is -0.993. The van der Waals surface area contributed by atoms with Crippen molar-refractivity contribution in [2.24, 2.45) is 0 Å². The van der Waals surface area contributed by atoms with E-state index in [1.54, 1.807) is 0 Å². The summed E-state index contributed by atoms with van der Waals surface area (Å²) in [4.78, 5) is 49.9. The van der Waals surface area contributed by atoms with Crippen molar-refractivity contribution in [1.29, 1.82) is 0 Å². The normalized spacial score (nSPS) is 14.1. The first-order chi connectivity index (χ1) is 14.7. The molecule has 10 nitrogen and oxygen atoms in total. The van der Waals surface area contributed by atoms with Crippen LogP contribution in [-0.2, 0) is 0 Å². The van der Waals surface area contributed by atoms with E-state index in [9.17, 15) is 29.8 Å². The molecule has 2 aromatic rings. The fourth-order valence-electron chi connectivity index (χ4n) is 3.34. The Morgan fingerprint density at radius 1 is 0.742 bits per heavy atom. The molecular weight excluding hydrogens is 451 g/mol. The van der Waals surface area contributed by atoms with Gasteiger partial charge in [-0.2, -0.15) is 0 Å². The zero-order valence-corrected chi connectivity index (χ0v) is 17.5. The topological polar surface area (TPSA) is 127 Å². The van der Waals surface area contributed by atoms with E-state index in [4.69, 9.17) is 23.2 Å². The van der Waals surface area contributed by atoms with Crippen LogP contribution >= 0.6 is 23.2 Å². The zero-order chi connectivity index (χ0) is 22.7. The van der Waals surface area contributed by atoms with Crippen molar-refractivity contribution >= 4 is 46.4 Å². The van der Waals surface area contributed by atoms with E-state index in [0.29, 0.717) is 6.42 Å². The van der Waals surface area contributed by atoms with E-state index in [0.717, 1.165) is 0 Å². The summed E-state index contributed by atoms with van der Waals surface area (Å²) >= 11 is 11.8. The Hall–Kier alpha value is -3.24. The second kappa shape index (κ2) is 9.27. The van der Waals surface area contributed by atoms with Crippen LogP contribution < -0.4 is 0 Å². The van der Waals surface area contributed by atoms with Gasteiger partial charge in [-0.25, -0.2) is 0 Å². The minimum atomic E-state index is -0.657. The fourth-order valence-corrected chi connectivity index (χ4v) is 3.69. The Morgan fingerprint density at radius 3 is 1.48 bits per heavy atom. The Kier molecular flexibility index (Phi) is 6.71. The first-order valence-corrected chi connectivity index (χ1v) is 9.91. The van der Waals surface area contributed by atoms with Crippen molar-refractivity contribution < 1.29 is 19.4 Å². The highest BCUT2D eigenvalue weighted by Gasteiger charge is 2.30. The molecule has 1 heterocycles. The quantitative estimate of drug-likeness (QED) is 0.497. The van der Waals surface area contributed by atoms with Gasteiger partial charge in [-0.1, -0.05) is 23.2 Å². The van der Waals surface area contributed by atoms with Crippen LogP contribution in [0.25, 0.3) is 0 Å². The Morgan fingerprint density at radius 2 is 1.13 bits per heavy atom. The Labute approximate surface area is 186 Å². The first-order valence-electron chi connectivity index (χ1n) is 9.15. The summed E-state index contributed by atoms with van der Waals surface area (Å²) in [6.07, 6.45) is 0.389. The van der Waals surface area contributed by atoms with Crippen LogP contribution in [0.1, 0.15) is 27.1 Å². The molecule has 162 valence electrons. The summed E-state index contributed by atoms with van der Waals surface area (Å²) in [6, 6.07) is 7.48. The van der Waals surface area contributed by atoms with Crippen molar-refractivity contribution in [3.05, 3.63) is 77.8 Å². The molecule has 31 heavy (non-hydrogen) atoms. The highest BCUT2D eigenvalue weighted by Crippen LogP contribution is 2.26. The van der Waals surface area contributed by atoms with Crippen molar-refractivity contribution in [2.45, 2.75) is 6.42 Å². The minimum absolute atomic E-state index is 0.0998. The van der Waals surface area contributed by atoms with E-state index >= 15 is 0 Å². The van der Waals surface area contributed by atoms with Crippen LogP contribution in [0.5, 0.6) is 0 Å². The summed E-state index contributed by atoms with van der Waals surface area (Å²) in [6.45, 7) is 0.707. The predicted octanol–water partition coefficient (Wildman–Crippen LogP) is 3.80. The molecule has 1 saturated heterocycles. The molecule has 2 aromatic carbocycles. The molecule has 1 fully saturated rings. The largest absolute Gasteiger partial charge is 0.337 e. The van der Waals surface area contributed by atoms with Crippen LogP contribution in [0.2, 0.25) is 10.0 Å². The molecule has 2 amide bonds. The van der Waals surface area contributed by atoms with Crippen molar-refractivity contribution in [3.8, 4) is 0 Å². The van der Waals surface area contributed by atoms with Gasteiger partial charge in [0.2, 0.25) is 0 Å². The molecule has 0 radical (unpaired) electrons. The lowest BCUT2D eigenvalue weighted by Gasteiger charge is -2.22. The molecule has 0 bridgehead atoms. The average Bonchev–Trinajstić information content (AvgIpc) is 2.98. The van der Waals surface area contributed by atoms with Gasteiger partial charge in [0.25, 0.3) is 23.2 Å². The van der Waals surface area contributed by atoms with Crippen LogP contribution in [0.4, 0.5) is 11.4 Å². The summed E-state index contributed by atoms with van der Waals surface area (Å²) < 4.78 is 0. The van der Waals surface area contributed by atoms with E-state index < -0.39 is 21.7 Å². The molecule has 0 spiro atoms. The highest BCUT2D eigenvalue weighted by atomic mass is 35.5. The maximum atomic E-state index is 12.9. The number of carbonyl (C=O) groups is 2. The predicted molar refractivity (Wildman–Crippen MR) is 113 cm³/mol. The van der Waals surface area contributed by atoms with Gasteiger partial charge in [-0.3, -0.25) is 29.8 Å². The molecule has 3 rings (SSSR count). The van der Waals surface area contributed by atoms with Gasteiger partial charge in [-0.05, 0) is 30.7 Å². The number of hydrogen-bond acceptors (Lipinski definition) is 6. The lowest BCUT2D eigenvalue weighted by Crippen LogP contribution is -2.37. The average molecular weight is 467 g/mol. The highest BCUT2D eigenvalue weighted by molar-refractivity contribution is 6.31. The number of hydrogen-bond donors (Lipinski definition) is 0. The Bertz CT molecular complexity index is 994. The van der Waals surface area contributed by atoms with Gasteiger partial charge in [0.15, 0.2) is 0 Å². The van der Waals surface area contributed by atoms with Gasteiger partial charge >= 0.3 is 0 Å². The van der Waals surface area contributed by atoms with Gasteiger partial charge in [0.1, 0.15) is 11.1 Å². The molecule has 0 unspecified atom stereocenters. The number of nitrogens with zero attached hydrogens (tertiary/aromatic N) is 4. The Balaban J connectivity index is 1.80. The van der Waals surface area contributed by atoms with Gasteiger partial charge < -0.3 is 9.80 Å². The molecule has 0 saturated carbocycles. The number of carbonyl (C=O) groups excluding carboxylic acids is 2. The van der Waals surface area contributed by atoms with E-state index in [-0.39, 0.29) is 58.7 Å².